The first kappa shape index (κ1) is 18.1. The van der Waals surface area contributed by atoms with E-state index in [-0.39, 0.29) is 13.1 Å². The lowest BCUT2D eigenvalue weighted by molar-refractivity contribution is -0.137. The van der Waals surface area contributed by atoms with Gasteiger partial charge >= 0.3 is 5.97 Å². The highest BCUT2D eigenvalue weighted by Gasteiger charge is 2.24. The molecule has 0 aliphatic carbocycles. The summed E-state index contributed by atoms with van der Waals surface area (Å²) in [6, 6.07) is 18.4. The van der Waals surface area contributed by atoms with Crippen molar-refractivity contribution in [3.8, 4) is 0 Å². The van der Waals surface area contributed by atoms with Crippen LogP contribution in [-0.2, 0) is 28.0 Å². The Labute approximate surface area is 141 Å². The molecular formula is C17H20N2O4S. The molecule has 2 N–H and O–H groups in total. The summed E-state index contributed by atoms with van der Waals surface area (Å²) in [4.78, 5) is 11.0. The standard InChI is InChI=1S/C17H20N2O4S/c20-17(21)14-19(13-16-9-5-2-6-10-16)24(22,23)18-12-11-15-7-3-1-4-8-15/h1-10,18H,11-14H2,(H,20,21). The van der Waals surface area contributed by atoms with Crippen molar-refractivity contribution >= 4 is 16.2 Å². The number of benzene rings is 2. The van der Waals surface area contributed by atoms with Gasteiger partial charge in [0.25, 0.3) is 10.2 Å². The van der Waals surface area contributed by atoms with Gasteiger partial charge in [0.15, 0.2) is 0 Å². The van der Waals surface area contributed by atoms with Crippen LogP contribution in [0.3, 0.4) is 0 Å². The molecule has 24 heavy (non-hydrogen) atoms. The van der Waals surface area contributed by atoms with Crippen LogP contribution in [0.5, 0.6) is 0 Å². The summed E-state index contributed by atoms with van der Waals surface area (Å²) in [6.07, 6.45) is 0.534. The number of nitrogens with zero attached hydrogens (tertiary/aromatic N) is 1. The molecule has 2 rings (SSSR count). The lowest BCUT2D eigenvalue weighted by atomic mass is 10.2. The second-order valence-electron chi connectivity index (χ2n) is 5.28. The average molecular weight is 348 g/mol. The fourth-order valence-electron chi connectivity index (χ4n) is 2.22. The second kappa shape index (κ2) is 8.58. The van der Waals surface area contributed by atoms with Crippen LogP contribution in [0.4, 0.5) is 0 Å². The van der Waals surface area contributed by atoms with E-state index in [1.807, 2.05) is 36.4 Å². The minimum atomic E-state index is -3.88. The number of carbonyl (C=O) groups is 1. The molecule has 0 bridgehead atoms. The van der Waals surface area contributed by atoms with E-state index in [0.29, 0.717) is 6.42 Å². The molecule has 0 unspecified atom stereocenters. The zero-order valence-corrected chi connectivity index (χ0v) is 13.9. The zero-order chi connectivity index (χ0) is 17.4. The van der Waals surface area contributed by atoms with Crippen molar-refractivity contribution < 1.29 is 18.3 Å². The smallest absolute Gasteiger partial charge is 0.318 e. The Kier molecular flexibility index (Phi) is 6.48. The molecule has 0 aromatic heterocycles. The minimum absolute atomic E-state index is 0.00775. The van der Waals surface area contributed by atoms with Crippen LogP contribution in [-0.4, -0.2) is 36.9 Å². The lowest BCUT2D eigenvalue weighted by Crippen LogP contribution is -2.43. The molecule has 0 saturated carbocycles. The van der Waals surface area contributed by atoms with Gasteiger partial charge in [0.05, 0.1) is 0 Å². The molecule has 0 aliphatic heterocycles. The molecular weight excluding hydrogens is 328 g/mol. The molecule has 0 spiro atoms. The quantitative estimate of drug-likeness (QED) is 0.721. The Morgan fingerprint density at radius 3 is 2.04 bits per heavy atom. The second-order valence-corrected chi connectivity index (χ2v) is 7.04. The Morgan fingerprint density at radius 1 is 0.958 bits per heavy atom. The monoisotopic (exact) mass is 348 g/mol. The summed E-state index contributed by atoms with van der Waals surface area (Å²) in [5.41, 5.74) is 1.74. The molecule has 0 amide bonds. The van der Waals surface area contributed by atoms with Crippen LogP contribution in [0.25, 0.3) is 0 Å². The van der Waals surface area contributed by atoms with Gasteiger partial charge in [0, 0.05) is 13.1 Å². The maximum absolute atomic E-state index is 12.4. The Balaban J connectivity index is 2.01. The third-order valence-corrected chi connectivity index (χ3v) is 4.90. The van der Waals surface area contributed by atoms with Gasteiger partial charge in [-0.1, -0.05) is 60.7 Å². The van der Waals surface area contributed by atoms with Gasteiger partial charge in [-0.15, -0.1) is 0 Å². The first-order valence-corrected chi connectivity index (χ1v) is 8.96. The summed E-state index contributed by atoms with van der Waals surface area (Å²) in [7, 11) is -3.88. The molecule has 2 aromatic carbocycles. The lowest BCUT2D eigenvalue weighted by Gasteiger charge is -2.20. The van der Waals surface area contributed by atoms with E-state index in [4.69, 9.17) is 5.11 Å². The molecule has 0 heterocycles. The Morgan fingerprint density at radius 2 is 1.50 bits per heavy atom. The van der Waals surface area contributed by atoms with Gasteiger partial charge in [-0.2, -0.15) is 12.7 Å². The number of hydrogen-bond donors (Lipinski definition) is 2. The summed E-state index contributed by atoms with van der Waals surface area (Å²) in [6.45, 7) is -0.374. The number of carboxylic acid groups (broad SMARTS) is 1. The number of hydrogen-bond acceptors (Lipinski definition) is 3. The van der Waals surface area contributed by atoms with E-state index in [9.17, 15) is 13.2 Å². The molecule has 0 atom stereocenters. The van der Waals surface area contributed by atoms with Crippen LogP contribution >= 0.6 is 0 Å². The molecule has 2 aromatic rings. The predicted octanol–water partition coefficient (Wildman–Crippen LogP) is 1.65. The fourth-order valence-corrected chi connectivity index (χ4v) is 3.37. The fraction of sp³-hybridized carbons (Fsp3) is 0.235. The van der Waals surface area contributed by atoms with Gasteiger partial charge in [0.2, 0.25) is 0 Å². The summed E-state index contributed by atoms with van der Waals surface area (Å²) in [5.74, 6) is -1.20. The zero-order valence-electron chi connectivity index (χ0n) is 13.1. The normalized spacial score (nSPS) is 11.5. The van der Waals surface area contributed by atoms with E-state index >= 15 is 0 Å². The van der Waals surface area contributed by atoms with E-state index in [1.165, 1.54) is 0 Å². The van der Waals surface area contributed by atoms with E-state index in [1.54, 1.807) is 24.3 Å². The summed E-state index contributed by atoms with van der Waals surface area (Å²) >= 11 is 0. The molecule has 0 saturated heterocycles. The highest BCUT2D eigenvalue weighted by molar-refractivity contribution is 7.87. The molecule has 6 nitrogen and oxygen atoms in total. The van der Waals surface area contributed by atoms with Crippen molar-refractivity contribution in [2.45, 2.75) is 13.0 Å². The first-order chi connectivity index (χ1) is 11.5. The maximum Gasteiger partial charge on any atom is 0.318 e. The van der Waals surface area contributed by atoms with Gasteiger partial charge in [0.1, 0.15) is 6.54 Å². The third-order valence-electron chi connectivity index (χ3n) is 3.39. The molecule has 0 radical (unpaired) electrons. The summed E-state index contributed by atoms with van der Waals surface area (Å²) in [5, 5.41) is 8.99. The van der Waals surface area contributed by atoms with Crippen LogP contribution in [0.2, 0.25) is 0 Å². The van der Waals surface area contributed by atoms with Gasteiger partial charge in [-0.05, 0) is 17.5 Å². The Hall–Kier alpha value is -2.22. The first-order valence-electron chi connectivity index (χ1n) is 7.52. The Bertz CT molecular complexity index is 749. The highest BCUT2D eigenvalue weighted by atomic mass is 32.2. The average Bonchev–Trinajstić information content (AvgIpc) is 2.56. The molecule has 128 valence electrons. The van der Waals surface area contributed by atoms with Crippen molar-refractivity contribution in [3.05, 3.63) is 71.8 Å². The highest BCUT2D eigenvalue weighted by Crippen LogP contribution is 2.08. The summed E-state index contributed by atoms with van der Waals surface area (Å²) < 4.78 is 28.2. The largest absolute Gasteiger partial charge is 0.480 e. The third kappa shape index (κ3) is 5.77. The predicted molar refractivity (Wildman–Crippen MR) is 91.6 cm³/mol. The van der Waals surface area contributed by atoms with E-state index in [0.717, 1.165) is 15.4 Å². The van der Waals surface area contributed by atoms with Crippen molar-refractivity contribution in [3.63, 3.8) is 0 Å². The van der Waals surface area contributed by atoms with Crippen molar-refractivity contribution in [2.24, 2.45) is 0 Å². The van der Waals surface area contributed by atoms with Crippen LogP contribution in [0, 0.1) is 0 Å². The van der Waals surface area contributed by atoms with Crippen LogP contribution in [0.15, 0.2) is 60.7 Å². The van der Waals surface area contributed by atoms with Crippen LogP contribution in [0.1, 0.15) is 11.1 Å². The van der Waals surface area contributed by atoms with Crippen LogP contribution < -0.4 is 4.72 Å². The van der Waals surface area contributed by atoms with E-state index < -0.39 is 22.7 Å². The number of rotatable bonds is 9. The SMILES string of the molecule is O=C(O)CN(Cc1ccccc1)S(=O)(=O)NCCc1ccccc1. The van der Waals surface area contributed by atoms with Gasteiger partial charge in [-0.25, -0.2) is 4.72 Å². The molecule has 0 aliphatic rings. The van der Waals surface area contributed by atoms with Crippen molar-refractivity contribution in [1.82, 2.24) is 9.03 Å². The van der Waals surface area contributed by atoms with Crippen molar-refractivity contribution in [1.29, 1.82) is 0 Å². The number of carboxylic acids is 1. The van der Waals surface area contributed by atoms with Crippen molar-refractivity contribution in [2.75, 3.05) is 13.1 Å². The molecule has 0 fully saturated rings. The van der Waals surface area contributed by atoms with Gasteiger partial charge in [-0.3, -0.25) is 4.79 Å². The topological polar surface area (TPSA) is 86.7 Å². The molecule has 7 heteroatoms. The minimum Gasteiger partial charge on any atom is -0.480 e. The maximum atomic E-state index is 12.4. The van der Waals surface area contributed by atoms with E-state index in [2.05, 4.69) is 4.72 Å². The van der Waals surface area contributed by atoms with Gasteiger partial charge < -0.3 is 5.11 Å². The number of aliphatic carboxylic acids is 1. The number of nitrogens with one attached hydrogen (secondary N) is 1.